The van der Waals surface area contributed by atoms with Gasteiger partial charge >= 0.3 is 0 Å². The van der Waals surface area contributed by atoms with Gasteiger partial charge in [0.2, 0.25) is 11.9 Å². The predicted molar refractivity (Wildman–Crippen MR) is 148 cm³/mol. The normalized spacial score (nSPS) is 16.8. The van der Waals surface area contributed by atoms with Gasteiger partial charge in [-0.3, -0.25) is 4.79 Å². The molecule has 3 heterocycles. The summed E-state index contributed by atoms with van der Waals surface area (Å²) in [7, 11) is 1.63. The largest absolute Gasteiger partial charge is 0.497 e. The molecule has 11 nitrogen and oxygen atoms in total. The van der Waals surface area contributed by atoms with Gasteiger partial charge in [0.05, 0.1) is 56.4 Å². The van der Waals surface area contributed by atoms with Crippen LogP contribution in [0, 0.1) is 11.7 Å². The van der Waals surface area contributed by atoms with Crippen LogP contribution < -0.4 is 15.4 Å². The minimum absolute atomic E-state index is 0.132. The molecule has 12 heteroatoms. The average Bonchev–Trinajstić information content (AvgIpc) is 3.43. The van der Waals surface area contributed by atoms with Crippen LogP contribution in [0.2, 0.25) is 0 Å². The summed E-state index contributed by atoms with van der Waals surface area (Å²) in [6, 6.07) is 15.5. The number of aromatic nitrogens is 4. The fraction of sp³-hybridized carbons (Fsp3) is 0.310. The van der Waals surface area contributed by atoms with Gasteiger partial charge in [0.15, 0.2) is 6.29 Å². The lowest BCUT2D eigenvalue weighted by Gasteiger charge is -2.28. The first-order valence-corrected chi connectivity index (χ1v) is 13.2. The molecule has 1 aliphatic heterocycles. The van der Waals surface area contributed by atoms with Gasteiger partial charge < -0.3 is 34.9 Å². The SMILES string of the molecule is COc1ccc(CNc2nccc(-c3[nH]c(CC4OCC(C(=O)NCCO)CO4)nc3-c3ccc(F)cc3)n2)cc1. The van der Waals surface area contributed by atoms with Crippen LogP contribution in [0.25, 0.3) is 22.6 Å². The van der Waals surface area contributed by atoms with Gasteiger partial charge in [-0.05, 0) is 48.0 Å². The second-order valence-electron chi connectivity index (χ2n) is 9.39. The molecule has 4 aromatic rings. The van der Waals surface area contributed by atoms with Crippen molar-refractivity contribution < 1.29 is 28.5 Å². The Morgan fingerprint density at radius 2 is 1.85 bits per heavy atom. The Morgan fingerprint density at radius 3 is 2.56 bits per heavy atom. The molecule has 1 saturated heterocycles. The number of aliphatic hydroxyl groups excluding tert-OH is 1. The van der Waals surface area contributed by atoms with Crippen molar-refractivity contribution in [3.05, 3.63) is 78.0 Å². The lowest BCUT2D eigenvalue weighted by Crippen LogP contribution is -2.43. The van der Waals surface area contributed by atoms with E-state index in [9.17, 15) is 9.18 Å². The number of carbonyl (C=O) groups excluding carboxylic acids is 1. The third-order valence-corrected chi connectivity index (χ3v) is 6.50. The molecule has 214 valence electrons. The van der Waals surface area contributed by atoms with E-state index in [0.29, 0.717) is 47.4 Å². The van der Waals surface area contributed by atoms with Gasteiger partial charge in [-0.2, -0.15) is 0 Å². The lowest BCUT2D eigenvalue weighted by molar-refractivity contribution is -0.200. The number of methoxy groups -OCH3 is 1. The number of hydrogen-bond acceptors (Lipinski definition) is 9. The second-order valence-corrected chi connectivity index (χ2v) is 9.39. The van der Waals surface area contributed by atoms with Gasteiger partial charge in [0.1, 0.15) is 17.4 Å². The fourth-order valence-electron chi connectivity index (χ4n) is 4.32. The zero-order valence-corrected chi connectivity index (χ0v) is 22.5. The first-order valence-electron chi connectivity index (χ1n) is 13.2. The number of benzene rings is 2. The molecular weight excluding hydrogens is 531 g/mol. The maximum Gasteiger partial charge on any atom is 0.227 e. The van der Waals surface area contributed by atoms with E-state index in [4.69, 9.17) is 29.3 Å². The fourth-order valence-corrected chi connectivity index (χ4v) is 4.32. The van der Waals surface area contributed by atoms with Crippen molar-refractivity contribution in [1.82, 2.24) is 25.3 Å². The third kappa shape index (κ3) is 7.23. The van der Waals surface area contributed by atoms with E-state index >= 15 is 0 Å². The van der Waals surface area contributed by atoms with Crippen molar-refractivity contribution in [3.8, 4) is 28.4 Å². The molecule has 5 rings (SSSR count). The molecule has 41 heavy (non-hydrogen) atoms. The number of nitrogens with one attached hydrogen (secondary N) is 3. The summed E-state index contributed by atoms with van der Waals surface area (Å²) in [6.45, 7) is 0.946. The van der Waals surface area contributed by atoms with Crippen LogP contribution in [-0.2, 0) is 27.2 Å². The number of halogens is 1. The van der Waals surface area contributed by atoms with Gasteiger partial charge in [-0.25, -0.2) is 19.3 Å². The minimum Gasteiger partial charge on any atom is -0.497 e. The summed E-state index contributed by atoms with van der Waals surface area (Å²) < 4.78 is 30.5. The van der Waals surface area contributed by atoms with Crippen LogP contribution >= 0.6 is 0 Å². The molecule has 0 atom stereocenters. The number of H-pyrrole nitrogens is 1. The molecule has 0 saturated carbocycles. The first kappa shape index (κ1) is 28.1. The molecule has 0 aliphatic carbocycles. The van der Waals surface area contributed by atoms with Crippen LogP contribution in [0.1, 0.15) is 11.4 Å². The number of amides is 1. The quantitative estimate of drug-likeness (QED) is 0.217. The van der Waals surface area contributed by atoms with Crippen LogP contribution in [0.5, 0.6) is 5.75 Å². The van der Waals surface area contributed by atoms with Crippen LogP contribution in [0.3, 0.4) is 0 Å². The van der Waals surface area contributed by atoms with E-state index in [1.165, 1.54) is 12.1 Å². The number of hydrogen-bond donors (Lipinski definition) is 4. The summed E-state index contributed by atoms with van der Waals surface area (Å²) in [5.74, 6) is 0.770. The third-order valence-electron chi connectivity index (χ3n) is 6.50. The number of aromatic amines is 1. The van der Waals surface area contributed by atoms with E-state index in [1.54, 1.807) is 31.5 Å². The zero-order valence-electron chi connectivity index (χ0n) is 22.5. The van der Waals surface area contributed by atoms with E-state index in [1.807, 2.05) is 24.3 Å². The maximum absolute atomic E-state index is 13.7. The molecule has 4 N–H and O–H groups in total. The maximum atomic E-state index is 13.7. The number of anilines is 1. The van der Waals surface area contributed by atoms with E-state index in [2.05, 4.69) is 20.6 Å². The summed E-state index contributed by atoms with van der Waals surface area (Å²) in [6.07, 6.45) is 1.35. The summed E-state index contributed by atoms with van der Waals surface area (Å²) >= 11 is 0. The van der Waals surface area contributed by atoms with Crippen molar-refractivity contribution in [2.24, 2.45) is 5.92 Å². The van der Waals surface area contributed by atoms with E-state index in [0.717, 1.165) is 11.3 Å². The number of rotatable bonds is 11. The first-order chi connectivity index (χ1) is 20.0. The van der Waals surface area contributed by atoms with Crippen molar-refractivity contribution in [3.63, 3.8) is 0 Å². The highest BCUT2D eigenvalue weighted by atomic mass is 19.1. The number of ether oxygens (including phenoxy) is 3. The van der Waals surface area contributed by atoms with Gasteiger partial charge in [0, 0.05) is 24.8 Å². The Bertz CT molecular complexity index is 1440. The molecule has 0 unspecified atom stereocenters. The standard InChI is InChI=1S/C29H31FN6O5/c1-39-22-8-2-18(3-9-22)15-33-29-32-11-10-23(34-29)27-26(19-4-6-21(30)7-5-19)35-24(36-27)14-25-40-16-20(17-41-25)28(38)31-12-13-37/h2-11,20,25,37H,12-17H2,1H3,(H,31,38)(H,35,36)(H,32,33,34). The minimum atomic E-state index is -0.607. The Hall–Kier alpha value is -4.39. The van der Waals surface area contributed by atoms with Crippen LogP contribution in [-0.4, -0.2) is 70.7 Å². The zero-order chi connectivity index (χ0) is 28.6. The Labute approximate surface area is 236 Å². The molecule has 0 radical (unpaired) electrons. The molecule has 2 aromatic carbocycles. The molecule has 0 spiro atoms. The molecular formula is C29H31FN6O5. The van der Waals surface area contributed by atoms with Crippen molar-refractivity contribution in [2.75, 3.05) is 38.8 Å². The van der Waals surface area contributed by atoms with Gasteiger partial charge in [0.25, 0.3) is 0 Å². The molecule has 2 aromatic heterocycles. The predicted octanol–water partition coefficient (Wildman–Crippen LogP) is 2.93. The van der Waals surface area contributed by atoms with Crippen LogP contribution in [0.15, 0.2) is 60.8 Å². The van der Waals surface area contributed by atoms with Crippen molar-refractivity contribution in [2.45, 2.75) is 19.3 Å². The highest BCUT2D eigenvalue weighted by Crippen LogP contribution is 2.30. The van der Waals surface area contributed by atoms with Gasteiger partial charge in [-0.15, -0.1) is 0 Å². The Morgan fingerprint density at radius 1 is 1.10 bits per heavy atom. The number of aliphatic hydroxyl groups is 1. The van der Waals surface area contributed by atoms with Crippen molar-refractivity contribution >= 4 is 11.9 Å². The monoisotopic (exact) mass is 562 g/mol. The molecule has 1 fully saturated rings. The average molecular weight is 563 g/mol. The summed E-state index contributed by atoms with van der Waals surface area (Å²) in [4.78, 5) is 29.3. The van der Waals surface area contributed by atoms with Crippen LogP contribution in [0.4, 0.5) is 10.3 Å². The number of carbonyl (C=O) groups is 1. The molecule has 1 amide bonds. The lowest BCUT2D eigenvalue weighted by atomic mass is 10.1. The van der Waals surface area contributed by atoms with Crippen molar-refractivity contribution in [1.29, 1.82) is 0 Å². The van der Waals surface area contributed by atoms with Gasteiger partial charge in [-0.1, -0.05) is 12.1 Å². The summed E-state index contributed by atoms with van der Waals surface area (Å²) in [5, 5.41) is 14.8. The number of imidazole rings is 1. The van der Waals surface area contributed by atoms with E-state index < -0.39 is 12.2 Å². The highest BCUT2D eigenvalue weighted by molar-refractivity contribution is 5.79. The number of nitrogens with zero attached hydrogens (tertiary/aromatic N) is 3. The smallest absolute Gasteiger partial charge is 0.227 e. The Balaban J connectivity index is 1.33. The second kappa shape index (κ2) is 13.3. The summed E-state index contributed by atoms with van der Waals surface area (Å²) in [5.41, 5.74) is 3.58. The topological polar surface area (TPSA) is 144 Å². The van der Waals surface area contributed by atoms with E-state index in [-0.39, 0.29) is 38.1 Å². The molecule has 1 aliphatic rings. The highest BCUT2D eigenvalue weighted by Gasteiger charge is 2.28. The Kier molecular flexibility index (Phi) is 9.14. The molecule has 0 bridgehead atoms.